The average Bonchev–Trinajstić information content (AvgIpc) is 2.82. The first-order chi connectivity index (χ1) is 15.1. The van der Waals surface area contributed by atoms with Gasteiger partial charge in [-0.1, -0.05) is 60.7 Å². The Hall–Kier alpha value is -3.93. The normalized spacial score (nSPS) is 11.2. The zero-order chi connectivity index (χ0) is 21.9. The molecule has 1 atom stereocenters. The van der Waals surface area contributed by atoms with E-state index >= 15 is 0 Å². The highest BCUT2D eigenvalue weighted by molar-refractivity contribution is 5.81. The molecule has 0 aromatic heterocycles. The maximum atomic E-state index is 12.4. The molecule has 1 N–H and O–H groups in total. The van der Waals surface area contributed by atoms with Gasteiger partial charge in [0.05, 0.1) is 6.04 Å². The maximum Gasteiger partial charge on any atom is 0.344 e. The summed E-state index contributed by atoms with van der Waals surface area (Å²) in [6, 6.07) is 25.6. The first-order valence-electron chi connectivity index (χ1n) is 9.86. The van der Waals surface area contributed by atoms with Crippen molar-refractivity contribution >= 4 is 18.2 Å². The molecule has 0 spiro atoms. The molecule has 6 nitrogen and oxygen atoms in total. The smallest absolute Gasteiger partial charge is 0.344 e. The van der Waals surface area contributed by atoms with Crippen LogP contribution in [0.25, 0.3) is 0 Å². The van der Waals surface area contributed by atoms with E-state index in [4.69, 9.17) is 9.47 Å². The van der Waals surface area contributed by atoms with Crippen LogP contribution in [0.3, 0.4) is 0 Å². The van der Waals surface area contributed by atoms with Crippen molar-refractivity contribution in [2.24, 2.45) is 0 Å². The third-order valence-electron chi connectivity index (χ3n) is 4.56. The van der Waals surface area contributed by atoms with Gasteiger partial charge in [0.2, 0.25) is 0 Å². The van der Waals surface area contributed by atoms with E-state index in [-0.39, 0.29) is 12.6 Å². The lowest BCUT2D eigenvalue weighted by atomic mass is 9.99. The Morgan fingerprint density at radius 3 is 2.13 bits per heavy atom. The predicted molar refractivity (Wildman–Crippen MR) is 116 cm³/mol. The number of carbonyl (C=O) groups is 3. The topological polar surface area (TPSA) is 81.7 Å². The van der Waals surface area contributed by atoms with E-state index in [9.17, 15) is 14.4 Å². The largest absolute Gasteiger partial charge is 0.482 e. The molecule has 0 unspecified atom stereocenters. The van der Waals surface area contributed by atoms with Crippen LogP contribution >= 0.6 is 0 Å². The van der Waals surface area contributed by atoms with Gasteiger partial charge >= 0.3 is 5.97 Å². The summed E-state index contributed by atoms with van der Waals surface area (Å²) in [5, 5.41) is 2.93. The molecule has 0 bridgehead atoms. The molecule has 0 fully saturated rings. The van der Waals surface area contributed by atoms with E-state index < -0.39 is 18.5 Å². The number of rotatable bonds is 10. The van der Waals surface area contributed by atoms with Gasteiger partial charge in [-0.2, -0.15) is 0 Å². The Bertz CT molecular complexity index is 987. The number of aldehydes is 1. The fourth-order valence-corrected chi connectivity index (χ4v) is 3.00. The molecule has 0 saturated heterocycles. The van der Waals surface area contributed by atoms with Crippen molar-refractivity contribution < 1.29 is 23.9 Å². The molecule has 0 radical (unpaired) electrons. The highest BCUT2D eigenvalue weighted by atomic mass is 16.6. The van der Waals surface area contributed by atoms with Gasteiger partial charge in [-0.3, -0.25) is 9.59 Å². The third kappa shape index (κ3) is 7.12. The number of benzene rings is 3. The van der Waals surface area contributed by atoms with E-state index in [0.29, 0.717) is 17.7 Å². The molecule has 3 rings (SSSR count). The van der Waals surface area contributed by atoms with Gasteiger partial charge in [0.15, 0.2) is 13.2 Å². The first-order valence-corrected chi connectivity index (χ1v) is 9.86. The van der Waals surface area contributed by atoms with Crippen molar-refractivity contribution in [3.8, 4) is 5.75 Å². The third-order valence-corrected chi connectivity index (χ3v) is 4.56. The van der Waals surface area contributed by atoms with Gasteiger partial charge in [0.25, 0.3) is 5.91 Å². The van der Waals surface area contributed by atoms with Crippen LogP contribution in [0, 0.1) is 0 Å². The van der Waals surface area contributed by atoms with Crippen LogP contribution in [0.1, 0.15) is 27.5 Å². The fraction of sp³-hybridized carbons (Fsp3) is 0.160. The van der Waals surface area contributed by atoms with Gasteiger partial charge < -0.3 is 14.8 Å². The Morgan fingerprint density at radius 2 is 1.48 bits per heavy atom. The monoisotopic (exact) mass is 417 g/mol. The summed E-state index contributed by atoms with van der Waals surface area (Å²) < 4.78 is 10.3. The van der Waals surface area contributed by atoms with Crippen molar-refractivity contribution in [2.45, 2.75) is 12.5 Å². The number of esters is 1. The van der Waals surface area contributed by atoms with Crippen LogP contribution < -0.4 is 10.1 Å². The van der Waals surface area contributed by atoms with Crippen molar-refractivity contribution in [3.63, 3.8) is 0 Å². The van der Waals surface area contributed by atoms with Crippen LogP contribution in [0.2, 0.25) is 0 Å². The molecule has 0 heterocycles. The summed E-state index contributed by atoms with van der Waals surface area (Å²) >= 11 is 0. The molecule has 6 heteroatoms. The summed E-state index contributed by atoms with van der Waals surface area (Å²) in [5.41, 5.74) is 2.56. The number of ether oxygens (including phenoxy) is 2. The molecule has 158 valence electrons. The zero-order valence-electron chi connectivity index (χ0n) is 16.9. The molecular weight excluding hydrogens is 394 g/mol. The highest BCUT2D eigenvalue weighted by Gasteiger charge is 2.16. The summed E-state index contributed by atoms with van der Waals surface area (Å²) in [5.74, 6) is -0.624. The second kappa shape index (κ2) is 11.3. The number of hydrogen-bond donors (Lipinski definition) is 1. The Balaban J connectivity index is 1.50. The molecule has 31 heavy (non-hydrogen) atoms. The molecule has 0 saturated carbocycles. The summed E-state index contributed by atoms with van der Waals surface area (Å²) in [6.45, 7) is -0.732. The Kier molecular flexibility index (Phi) is 7.94. The second-order valence-electron chi connectivity index (χ2n) is 6.86. The Labute approximate surface area is 180 Å². The van der Waals surface area contributed by atoms with Crippen molar-refractivity contribution in [1.82, 2.24) is 5.32 Å². The molecule has 0 aliphatic heterocycles. The van der Waals surface area contributed by atoms with E-state index in [0.717, 1.165) is 17.4 Å². The summed E-state index contributed by atoms with van der Waals surface area (Å²) in [6.07, 6.45) is 1.33. The lowest BCUT2D eigenvalue weighted by molar-refractivity contribution is -0.150. The maximum absolute atomic E-state index is 12.4. The predicted octanol–water partition coefficient (Wildman–Crippen LogP) is 3.52. The summed E-state index contributed by atoms with van der Waals surface area (Å²) in [7, 11) is 0. The van der Waals surface area contributed by atoms with Crippen molar-refractivity contribution in [2.75, 3.05) is 13.2 Å². The quantitative estimate of drug-likeness (QED) is 0.403. The van der Waals surface area contributed by atoms with Crippen LogP contribution in [-0.2, 0) is 20.7 Å². The lowest BCUT2D eigenvalue weighted by Crippen LogP contribution is -2.34. The van der Waals surface area contributed by atoms with Crippen LogP contribution in [0.5, 0.6) is 5.75 Å². The first kappa shape index (κ1) is 21.8. The van der Waals surface area contributed by atoms with E-state index in [1.54, 1.807) is 24.3 Å². The second-order valence-corrected chi connectivity index (χ2v) is 6.86. The summed E-state index contributed by atoms with van der Waals surface area (Å²) in [4.78, 5) is 35.0. The molecular formula is C25H23NO5. The van der Waals surface area contributed by atoms with Gasteiger partial charge in [0, 0.05) is 5.56 Å². The number of carbonyl (C=O) groups excluding carboxylic acids is 3. The van der Waals surface area contributed by atoms with Gasteiger partial charge in [-0.15, -0.1) is 0 Å². The minimum atomic E-state index is -0.658. The fourth-order valence-electron chi connectivity index (χ4n) is 3.00. The van der Waals surface area contributed by atoms with Crippen molar-refractivity contribution in [3.05, 3.63) is 102 Å². The minimum Gasteiger partial charge on any atom is -0.482 e. The average molecular weight is 417 g/mol. The van der Waals surface area contributed by atoms with Crippen LogP contribution in [-0.4, -0.2) is 31.4 Å². The van der Waals surface area contributed by atoms with Gasteiger partial charge in [-0.25, -0.2) is 4.79 Å². The van der Waals surface area contributed by atoms with E-state index in [2.05, 4.69) is 5.32 Å². The molecule has 0 aliphatic rings. The van der Waals surface area contributed by atoms with Crippen molar-refractivity contribution in [1.29, 1.82) is 0 Å². The van der Waals surface area contributed by atoms with Gasteiger partial charge in [-0.05, 0) is 41.8 Å². The lowest BCUT2D eigenvalue weighted by Gasteiger charge is -2.19. The molecule has 3 aromatic rings. The number of amides is 1. The molecule has 1 amide bonds. The minimum absolute atomic E-state index is 0.248. The van der Waals surface area contributed by atoms with E-state index in [1.807, 2.05) is 60.7 Å². The SMILES string of the molecule is O=Cc1ccc(OCC(=O)OCC(=O)N[C@@H](Cc2ccccc2)c2ccccc2)cc1. The van der Waals surface area contributed by atoms with Gasteiger partial charge in [0.1, 0.15) is 12.0 Å². The number of nitrogens with one attached hydrogen (secondary N) is 1. The molecule has 3 aromatic carbocycles. The van der Waals surface area contributed by atoms with E-state index in [1.165, 1.54) is 0 Å². The zero-order valence-corrected chi connectivity index (χ0v) is 16.9. The van der Waals surface area contributed by atoms with Crippen LogP contribution in [0.4, 0.5) is 0 Å². The standard InChI is InChI=1S/C25H23NO5/c27-16-20-11-13-22(14-12-20)30-18-25(29)31-17-24(28)26-23(21-9-5-2-6-10-21)15-19-7-3-1-4-8-19/h1-14,16,23H,15,17-18H2,(H,26,28)/t23-/m0/s1. The Morgan fingerprint density at radius 1 is 0.839 bits per heavy atom. The molecule has 0 aliphatic carbocycles. The van der Waals surface area contributed by atoms with Crippen LogP contribution in [0.15, 0.2) is 84.9 Å². The number of hydrogen-bond acceptors (Lipinski definition) is 5. The highest BCUT2D eigenvalue weighted by Crippen LogP contribution is 2.18.